The standard InChI is InChI=1S/C42H81NO2/c1-3-5-7-9-11-13-15-17-19-21-23-25-27-29-31-33-38-44-42(41-36-35-37-43-40-41)45-39-34-32-30-28-26-24-22-20-18-16-14-12-10-8-6-4-2/h11,13,18,20,41-43H,3-10,12,14-17,19,21-40H2,1-2H3/b13-11-,20-18-. The number of hydrogen-bond acceptors (Lipinski definition) is 3. The highest BCUT2D eigenvalue weighted by molar-refractivity contribution is 4.82. The molecule has 0 bridgehead atoms. The summed E-state index contributed by atoms with van der Waals surface area (Å²) in [6.45, 7) is 8.49. The van der Waals surface area contributed by atoms with Crippen LogP contribution in [0.15, 0.2) is 24.3 Å². The van der Waals surface area contributed by atoms with Crippen LogP contribution in [0.25, 0.3) is 0 Å². The smallest absolute Gasteiger partial charge is 0.161 e. The first-order valence-electron chi connectivity index (χ1n) is 20.6. The van der Waals surface area contributed by atoms with E-state index in [-0.39, 0.29) is 6.29 Å². The molecule has 0 aromatic rings. The normalized spacial score (nSPS) is 16.4. The van der Waals surface area contributed by atoms with Gasteiger partial charge < -0.3 is 14.8 Å². The quantitative estimate of drug-likeness (QED) is 0.0429. The van der Waals surface area contributed by atoms with E-state index in [0.717, 1.165) is 26.3 Å². The van der Waals surface area contributed by atoms with Gasteiger partial charge in [0.15, 0.2) is 6.29 Å². The van der Waals surface area contributed by atoms with E-state index in [1.54, 1.807) is 0 Å². The number of unbranched alkanes of at least 4 members (excludes halogenated alkanes) is 24. The summed E-state index contributed by atoms with van der Waals surface area (Å²) in [5.41, 5.74) is 0. The SMILES string of the molecule is CCCCC/C=C\CCCCCCCCCCCOC(OCCCCCCCC/C=C\CCCCCCCC)C1CCCNC1. The summed E-state index contributed by atoms with van der Waals surface area (Å²) in [6.07, 6.45) is 49.9. The Morgan fingerprint density at radius 3 is 1.24 bits per heavy atom. The van der Waals surface area contributed by atoms with Crippen LogP contribution >= 0.6 is 0 Å². The largest absolute Gasteiger partial charge is 0.352 e. The van der Waals surface area contributed by atoms with E-state index in [1.807, 2.05) is 0 Å². The second-order valence-electron chi connectivity index (χ2n) is 14.1. The molecule has 0 amide bonds. The van der Waals surface area contributed by atoms with Gasteiger partial charge in [-0.2, -0.15) is 0 Å². The van der Waals surface area contributed by atoms with Crippen molar-refractivity contribution in [1.29, 1.82) is 0 Å². The van der Waals surface area contributed by atoms with Crippen LogP contribution in [0.2, 0.25) is 0 Å². The molecule has 45 heavy (non-hydrogen) atoms. The average Bonchev–Trinajstić information content (AvgIpc) is 3.07. The molecular formula is C42H81NO2. The fraction of sp³-hybridized carbons (Fsp3) is 0.905. The van der Waals surface area contributed by atoms with Crippen molar-refractivity contribution in [2.24, 2.45) is 5.92 Å². The van der Waals surface area contributed by atoms with Crippen molar-refractivity contribution in [3.63, 3.8) is 0 Å². The average molecular weight is 632 g/mol. The lowest BCUT2D eigenvalue weighted by atomic mass is 9.99. The maximum atomic E-state index is 6.36. The van der Waals surface area contributed by atoms with Crippen LogP contribution in [-0.4, -0.2) is 32.6 Å². The van der Waals surface area contributed by atoms with Crippen LogP contribution in [-0.2, 0) is 9.47 Å². The Morgan fingerprint density at radius 1 is 0.489 bits per heavy atom. The second-order valence-corrected chi connectivity index (χ2v) is 14.1. The minimum atomic E-state index is -0.00730. The number of hydrogen-bond donors (Lipinski definition) is 1. The van der Waals surface area contributed by atoms with Gasteiger partial charge in [-0.3, -0.25) is 0 Å². The molecule has 1 heterocycles. The van der Waals surface area contributed by atoms with Gasteiger partial charge in [-0.05, 0) is 83.6 Å². The molecule has 2 unspecified atom stereocenters. The van der Waals surface area contributed by atoms with Crippen LogP contribution in [0, 0.1) is 5.92 Å². The van der Waals surface area contributed by atoms with Gasteiger partial charge in [0.1, 0.15) is 0 Å². The van der Waals surface area contributed by atoms with Gasteiger partial charge in [0, 0.05) is 25.7 Å². The monoisotopic (exact) mass is 632 g/mol. The summed E-state index contributed by atoms with van der Waals surface area (Å²) < 4.78 is 12.7. The summed E-state index contributed by atoms with van der Waals surface area (Å²) in [7, 11) is 0. The maximum Gasteiger partial charge on any atom is 0.161 e. The molecule has 0 spiro atoms. The molecule has 2 atom stereocenters. The molecular weight excluding hydrogens is 550 g/mol. The van der Waals surface area contributed by atoms with Gasteiger partial charge in [0.05, 0.1) is 0 Å². The van der Waals surface area contributed by atoms with Crippen molar-refractivity contribution in [3.8, 4) is 0 Å². The fourth-order valence-electron chi connectivity index (χ4n) is 6.53. The summed E-state index contributed by atoms with van der Waals surface area (Å²) in [5.74, 6) is 0.518. The zero-order valence-electron chi connectivity index (χ0n) is 30.8. The molecule has 1 rings (SSSR count). The summed E-state index contributed by atoms with van der Waals surface area (Å²) in [6, 6.07) is 0. The Hall–Kier alpha value is -0.640. The van der Waals surface area contributed by atoms with E-state index in [9.17, 15) is 0 Å². The maximum absolute atomic E-state index is 6.36. The molecule has 1 saturated heterocycles. The Kier molecular flexibility index (Phi) is 34.1. The van der Waals surface area contributed by atoms with Crippen molar-refractivity contribution in [2.45, 2.75) is 213 Å². The van der Waals surface area contributed by atoms with Crippen LogP contribution in [0.3, 0.4) is 0 Å². The Bertz CT molecular complexity index is 612. The zero-order valence-corrected chi connectivity index (χ0v) is 30.8. The first-order valence-corrected chi connectivity index (χ1v) is 20.6. The highest BCUT2D eigenvalue weighted by atomic mass is 16.7. The summed E-state index contributed by atoms with van der Waals surface area (Å²) in [4.78, 5) is 0. The number of piperidine rings is 1. The third kappa shape index (κ3) is 30.4. The molecule has 0 aliphatic carbocycles. The van der Waals surface area contributed by atoms with Gasteiger partial charge in [0.2, 0.25) is 0 Å². The van der Waals surface area contributed by atoms with E-state index in [0.29, 0.717) is 5.92 Å². The van der Waals surface area contributed by atoms with Gasteiger partial charge in [-0.15, -0.1) is 0 Å². The minimum Gasteiger partial charge on any atom is -0.352 e. The molecule has 3 nitrogen and oxygen atoms in total. The molecule has 266 valence electrons. The van der Waals surface area contributed by atoms with E-state index < -0.39 is 0 Å². The van der Waals surface area contributed by atoms with E-state index in [2.05, 4.69) is 43.5 Å². The molecule has 0 aromatic carbocycles. The molecule has 3 heteroatoms. The van der Waals surface area contributed by atoms with Crippen LogP contribution in [0.4, 0.5) is 0 Å². The third-order valence-electron chi connectivity index (χ3n) is 9.60. The summed E-state index contributed by atoms with van der Waals surface area (Å²) >= 11 is 0. The van der Waals surface area contributed by atoms with E-state index in [1.165, 1.54) is 193 Å². The lowest BCUT2D eigenvalue weighted by Gasteiger charge is -2.30. The number of allylic oxidation sites excluding steroid dienone is 4. The molecule has 1 aliphatic rings. The highest BCUT2D eigenvalue weighted by Gasteiger charge is 2.24. The third-order valence-corrected chi connectivity index (χ3v) is 9.60. The first-order chi connectivity index (χ1) is 22.4. The van der Waals surface area contributed by atoms with E-state index >= 15 is 0 Å². The molecule has 0 aromatic heterocycles. The number of ether oxygens (including phenoxy) is 2. The lowest BCUT2D eigenvalue weighted by Crippen LogP contribution is -2.39. The fourth-order valence-corrected chi connectivity index (χ4v) is 6.53. The first kappa shape index (κ1) is 42.4. The van der Waals surface area contributed by atoms with Gasteiger partial charge in [-0.1, -0.05) is 154 Å². The second kappa shape index (κ2) is 36.2. The van der Waals surface area contributed by atoms with Gasteiger partial charge in [-0.25, -0.2) is 0 Å². The minimum absolute atomic E-state index is 0.00730. The number of rotatable bonds is 35. The predicted molar refractivity (Wildman–Crippen MR) is 200 cm³/mol. The molecule has 0 saturated carbocycles. The van der Waals surface area contributed by atoms with Crippen molar-refractivity contribution >= 4 is 0 Å². The zero-order chi connectivity index (χ0) is 32.1. The van der Waals surface area contributed by atoms with Gasteiger partial charge in [0.25, 0.3) is 0 Å². The van der Waals surface area contributed by atoms with Crippen molar-refractivity contribution in [1.82, 2.24) is 5.32 Å². The van der Waals surface area contributed by atoms with Crippen LogP contribution in [0.1, 0.15) is 206 Å². The molecule has 1 aliphatic heterocycles. The lowest BCUT2D eigenvalue weighted by molar-refractivity contribution is -0.176. The van der Waals surface area contributed by atoms with Crippen LogP contribution in [0.5, 0.6) is 0 Å². The molecule has 1 fully saturated rings. The van der Waals surface area contributed by atoms with Crippen molar-refractivity contribution < 1.29 is 9.47 Å². The Balaban J connectivity index is 1.95. The van der Waals surface area contributed by atoms with Crippen molar-refractivity contribution in [2.75, 3.05) is 26.3 Å². The molecule has 1 N–H and O–H groups in total. The topological polar surface area (TPSA) is 30.5 Å². The predicted octanol–water partition coefficient (Wildman–Crippen LogP) is 13.4. The summed E-state index contributed by atoms with van der Waals surface area (Å²) in [5, 5.41) is 3.56. The van der Waals surface area contributed by atoms with E-state index in [4.69, 9.17) is 9.47 Å². The van der Waals surface area contributed by atoms with Crippen molar-refractivity contribution in [3.05, 3.63) is 24.3 Å². The Labute approximate surface area is 283 Å². The van der Waals surface area contributed by atoms with Gasteiger partial charge >= 0.3 is 0 Å². The van der Waals surface area contributed by atoms with Crippen LogP contribution < -0.4 is 5.32 Å². The number of nitrogens with one attached hydrogen (secondary N) is 1. The highest BCUT2D eigenvalue weighted by Crippen LogP contribution is 2.20. The Morgan fingerprint density at radius 2 is 0.844 bits per heavy atom. The molecule has 0 radical (unpaired) electrons.